The monoisotopic (exact) mass is 278 g/mol. The summed E-state index contributed by atoms with van der Waals surface area (Å²) in [5.41, 5.74) is 1.07. The lowest BCUT2D eigenvalue weighted by Crippen LogP contribution is -2.34. The average molecular weight is 278 g/mol. The first-order chi connectivity index (χ1) is 9.38. The quantitative estimate of drug-likeness (QED) is 0.432. The number of allylic oxidation sites excluding steroid dienone is 2. The third kappa shape index (κ3) is 5.87. The van der Waals surface area contributed by atoms with E-state index in [1.807, 2.05) is 19.9 Å². The molecule has 0 N–H and O–H groups in total. The molecule has 0 aromatic rings. The van der Waals surface area contributed by atoms with E-state index in [1.165, 1.54) is 6.08 Å². The van der Waals surface area contributed by atoms with Gasteiger partial charge in [-0.3, -0.25) is 4.79 Å². The molecular formula is C18H30O2. The van der Waals surface area contributed by atoms with Crippen LogP contribution in [0, 0.1) is 17.8 Å². The number of methoxy groups -OCH3 is 1. The van der Waals surface area contributed by atoms with Crippen molar-refractivity contribution in [2.75, 3.05) is 7.11 Å². The van der Waals surface area contributed by atoms with E-state index in [9.17, 15) is 4.79 Å². The summed E-state index contributed by atoms with van der Waals surface area (Å²) in [6.45, 7) is 15.9. The van der Waals surface area contributed by atoms with Crippen molar-refractivity contribution in [1.82, 2.24) is 0 Å². The average Bonchev–Trinajstić information content (AvgIpc) is 2.42. The number of carbonyl (C=O) groups excluding carboxylic acids is 1. The van der Waals surface area contributed by atoms with Crippen molar-refractivity contribution in [3.8, 4) is 0 Å². The highest BCUT2D eigenvalue weighted by atomic mass is 16.5. The van der Waals surface area contributed by atoms with Crippen LogP contribution >= 0.6 is 0 Å². The summed E-state index contributed by atoms with van der Waals surface area (Å²) in [4.78, 5) is 12.2. The Bertz CT molecular complexity index is 352. The standard InChI is InChI=1S/C18H30O2/c1-8-14(5)18(20-7)17(16(19)9-2)15(6)12-10-11-13(3)4/h8-9,12-14,17-18H,1-2,10-11H2,3-7H3/b15-12+. The molecule has 2 heteroatoms. The fraction of sp³-hybridized carbons (Fsp3) is 0.611. The minimum Gasteiger partial charge on any atom is -0.380 e. The van der Waals surface area contributed by atoms with Crippen LogP contribution in [0.3, 0.4) is 0 Å². The second-order valence-corrected chi connectivity index (χ2v) is 5.80. The van der Waals surface area contributed by atoms with Crippen LogP contribution in [0.5, 0.6) is 0 Å². The Kier molecular flexibility index (Phi) is 9.15. The zero-order chi connectivity index (χ0) is 15.7. The van der Waals surface area contributed by atoms with E-state index in [4.69, 9.17) is 4.74 Å². The first-order valence-corrected chi connectivity index (χ1v) is 7.37. The smallest absolute Gasteiger partial charge is 0.164 e. The molecule has 0 spiro atoms. The second-order valence-electron chi connectivity index (χ2n) is 5.80. The lowest BCUT2D eigenvalue weighted by Gasteiger charge is -2.28. The van der Waals surface area contributed by atoms with Crippen LogP contribution in [0.25, 0.3) is 0 Å². The van der Waals surface area contributed by atoms with Gasteiger partial charge >= 0.3 is 0 Å². The number of ether oxygens (including phenoxy) is 1. The second kappa shape index (κ2) is 9.71. The van der Waals surface area contributed by atoms with Gasteiger partial charge in [0.1, 0.15) is 0 Å². The van der Waals surface area contributed by atoms with Crippen LogP contribution < -0.4 is 0 Å². The van der Waals surface area contributed by atoms with E-state index < -0.39 is 0 Å². The SMILES string of the molecule is C=CC(=O)C(/C(C)=C/CCC(C)C)C(OC)C(C)C=C. The molecule has 0 aliphatic heterocycles. The lowest BCUT2D eigenvalue weighted by atomic mass is 9.83. The fourth-order valence-corrected chi connectivity index (χ4v) is 2.33. The molecule has 20 heavy (non-hydrogen) atoms. The minimum atomic E-state index is -0.266. The maximum Gasteiger partial charge on any atom is 0.164 e. The van der Waals surface area contributed by atoms with Gasteiger partial charge in [-0.2, -0.15) is 0 Å². The van der Waals surface area contributed by atoms with Crippen LogP contribution in [0.15, 0.2) is 37.0 Å². The summed E-state index contributed by atoms with van der Waals surface area (Å²) in [7, 11) is 1.65. The molecule has 0 fully saturated rings. The number of hydrogen-bond acceptors (Lipinski definition) is 2. The zero-order valence-corrected chi connectivity index (χ0v) is 13.7. The Balaban J connectivity index is 5.17. The molecule has 0 rings (SSSR count). The number of carbonyl (C=O) groups is 1. The number of hydrogen-bond donors (Lipinski definition) is 0. The Hall–Kier alpha value is -1.15. The predicted octanol–water partition coefficient (Wildman–Crippen LogP) is 4.58. The Morgan fingerprint density at radius 2 is 1.85 bits per heavy atom. The van der Waals surface area contributed by atoms with E-state index >= 15 is 0 Å². The van der Waals surface area contributed by atoms with E-state index in [-0.39, 0.29) is 23.7 Å². The molecule has 0 saturated heterocycles. The maximum absolute atomic E-state index is 12.2. The number of ketones is 1. The third-order valence-electron chi connectivity index (χ3n) is 3.70. The van der Waals surface area contributed by atoms with Gasteiger partial charge in [0, 0.05) is 13.0 Å². The molecule has 0 bridgehead atoms. The highest BCUT2D eigenvalue weighted by molar-refractivity contribution is 5.93. The summed E-state index contributed by atoms with van der Waals surface area (Å²) >= 11 is 0. The summed E-state index contributed by atoms with van der Waals surface area (Å²) in [6, 6.07) is 0. The molecule has 0 saturated carbocycles. The molecule has 0 aromatic heterocycles. The molecule has 0 aliphatic rings. The molecule has 3 atom stereocenters. The zero-order valence-electron chi connectivity index (χ0n) is 13.7. The van der Waals surface area contributed by atoms with Gasteiger partial charge in [-0.25, -0.2) is 0 Å². The molecule has 0 radical (unpaired) electrons. The van der Waals surface area contributed by atoms with Gasteiger partial charge in [0.25, 0.3) is 0 Å². The van der Waals surface area contributed by atoms with E-state index in [2.05, 4.69) is 33.1 Å². The van der Waals surface area contributed by atoms with Crippen molar-refractivity contribution in [2.24, 2.45) is 17.8 Å². The largest absolute Gasteiger partial charge is 0.380 e. The summed E-state index contributed by atoms with van der Waals surface area (Å²) in [5, 5.41) is 0. The Morgan fingerprint density at radius 3 is 2.25 bits per heavy atom. The van der Waals surface area contributed by atoms with E-state index in [0.29, 0.717) is 5.92 Å². The maximum atomic E-state index is 12.2. The van der Waals surface area contributed by atoms with E-state index in [1.54, 1.807) is 7.11 Å². The van der Waals surface area contributed by atoms with Gasteiger partial charge in [0.2, 0.25) is 0 Å². The molecule has 0 aliphatic carbocycles. The van der Waals surface area contributed by atoms with E-state index in [0.717, 1.165) is 18.4 Å². The molecule has 3 unspecified atom stereocenters. The van der Waals surface area contributed by atoms with Gasteiger partial charge in [-0.1, -0.05) is 45.1 Å². The van der Waals surface area contributed by atoms with Crippen LogP contribution in [0.2, 0.25) is 0 Å². The van der Waals surface area contributed by atoms with Gasteiger partial charge in [0.15, 0.2) is 5.78 Å². The number of rotatable bonds is 10. The van der Waals surface area contributed by atoms with Crippen molar-refractivity contribution >= 4 is 5.78 Å². The van der Waals surface area contributed by atoms with Crippen molar-refractivity contribution in [3.63, 3.8) is 0 Å². The normalized spacial score (nSPS) is 16.6. The molecule has 2 nitrogen and oxygen atoms in total. The Morgan fingerprint density at radius 1 is 1.25 bits per heavy atom. The minimum absolute atomic E-state index is 0.0175. The van der Waals surface area contributed by atoms with Crippen molar-refractivity contribution < 1.29 is 9.53 Å². The topological polar surface area (TPSA) is 26.3 Å². The molecule has 114 valence electrons. The van der Waals surface area contributed by atoms with Crippen LogP contribution in [0.4, 0.5) is 0 Å². The summed E-state index contributed by atoms with van der Waals surface area (Å²) in [5.74, 6) is 0.529. The first-order valence-electron chi connectivity index (χ1n) is 7.37. The van der Waals surface area contributed by atoms with Crippen LogP contribution in [0.1, 0.15) is 40.5 Å². The molecule has 0 amide bonds. The first kappa shape index (κ1) is 18.9. The third-order valence-corrected chi connectivity index (χ3v) is 3.70. The van der Waals surface area contributed by atoms with Crippen molar-refractivity contribution in [3.05, 3.63) is 37.0 Å². The molecular weight excluding hydrogens is 248 g/mol. The fourth-order valence-electron chi connectivity index (χ4n) is 2.33. The van der Waals surface area contributed by atoms with Crippen LogP contribution in [-0.2, 0) is 9.53 Å². The van der Waals surface area contributed by atoms with Crippen molar-refractivity contribution in [2.45, 2.75) is 46.6 Å². The highest BCUT2D eigenvalue weighted by Crippen LogP contribution is 2.26. The van der Waals surface area contributed by atoms with Gasteiger partial charge in [-0.15, -0.1) is 6.58 Å². The summed E-state index contributed by atoms with van der Waals surface area (Å²) in [6.07, 6.45) is 7.32. The lowest BCUT2D eigenvalue weighted by molar-refractivity contribution is -0.121. The highest BCUT2D eigenvalue weighted by Gasteiger charge is 2.30. The van der Waals surface area contributed by atoms with Crippen molar-refractivity contribution in [1.29, 1.82) is 0 Å². The predicted molar refractivity (Wildman–Crippen MR) is 86.7 cm³/mol. The molecule has 0 heterocycles. The van der Waals surface area contributed by atoms with Gasteiger partial charge in [0.05, 0.1) is 12.0 Å². The van der Waals surface area contributed by atoms with Crippen LogP contribution in [-0.4, -0.2) is 19.0 Å². The van der Waals surface area contributed by atoms with Gasteiger partial charge in [-0.05, 0) is 31.8 Å². The molecule has 0 aromatic carbocycles. The Labute approximate surface area is 124 Å². The van der Waals surface area contributed by atoms with Gasteiger partial charge < -0.3 is 4.74 Å². The summed E-state index contributed by atoms with van der Waals surface area (Å²) < 4.78 is 5.56.